The van der Waals surface area contributed by atoms with Crippen LogP contribution in [0.2, 0.25) is 0 Å². The first-order valence-corrected chi connectivity index (χ1v) is 12.9. The number of halogens is 1. The van der Waals surface area contributed by atoms with Crippen molar-refractivity contribution in [2.24, 2.45) is 0 Å². The maximum absolute atomic E-state index is 14.8. The molecule has 5 heteroatoms. The minimum atomic E-state index is -0.234. The third-order valence-corrected chi connectivity index (χ3v) is 6.43. The van der Waals surface area contributed by atoms with E-state index in [1.54, 1.807) is 12.3 Å². The second-order valence-corrected chi connectivity index (χ2v) is 9.87. The van der Waals surface area contributed by atoms with E-state index in [1.807, 2.05) is 30.3 Å². The van der Waals surface area contributed by atoms with Gasteiger partial charge in [0.1, 0.15) is 5.82 Å². The number of benzene rings is 1. The number of unbranched alkanes of at least 4 members (excludes halogenated alkanes) is 2. The Labute approximate surface area is 210 Å². The molecule has 2 aromatic heterocycles. The van der Waals surface area contributed by atoms with Gasteiger partial charge >= 0.3 is 0 Å². The second kappa shape index (κ2) is 12.9. The van der Waals surface area contributed by atoms with Crippen molar-refractivity contribution >= 4 is 0 Å². The normalized spacial score (nSPS) is 11.6. The molecule has 0 aliphatic carbocycles. The predicted octanol–water partition coefficient (Wildman–Crippen LogP) is 7.04. The van der Waals surface area contributed by atoms with Crippen LogP contribution in [0.3, 0.4) is 0 Å². The zero-order valence-electron chi connectivity index (χ0n) is 21.9. The highest BCUT2D eigenvalue weighted by atomic mass is 19.1. The first kappa shape index (κ1) is 27.0. The lowest BCUT2D eigenvalue weighted by molar-refractivity contribution is 0.279. The summed E-state index contributed by atoms with van der Waals surface area (Å²) in [7, 11) is 0. The quantitative estimate of drug-likeness (QED) is 0.275. The molecular weight excluding hydrogens is 437 g/mol. The Morgan fingerprint density at radius 1 is 0.943 bits per heavy atom. The molecule has 0 radical (unpaired) electrons. The summed E-state index contributed by atoms with van der Waals surface area (Å²) in [6.07, 6.45) is 6.01. The average Bonchev–Trinajstić information content (AvgIpc) is 2.85. The monoisotopic (exact) mass is 477 g/mol. The summed E-state index contributed by atoms with van der Waals surface area (Å²) in [6.45, 7) is 11.7. The van der Waals surface area contributed by atoms with E-state index >= 15 is 0 Å². The molecule has 0 aliphatic heterocycles. The van der Waals surface area contributed by atoms with E-state index in [9.17, 15) is 9.50 Å². The van der Waals surface area contributed by atoms with Crippen molar-refractivity contribution in [2.75, 3.05) is 0 Å². The van der Waals surface area contributed by atoms with Crippen LogP contribution >= 0.6 is 0 Å². The number of hydrogen-bond donors (Lipinski definition) is 2. The highest BCUT2D eigenvalue weighted by Crippen LogP contribution is 2.38. The molecule has 0 bridgehead atoms. The molecule has 0 amide bonds. The third-order valence-electron chi connectivity index (χ3n) is 6.43. The van der Waals surface area contributed by atoms with Crippen molar-refractivity contribution in [1.82, 2.24) is 15.3 Å². The first-order valence-electron chi connectivity index (χ1n) is 12.9. The molecule has 0 aliphatic rings. The summed E-state index contributed by atoms with van der Waals surface area (Å²) in [6, 6.07) is 11.1. The van der Waals surface area contributed by atoms with Gasteiger partial charge in [0, 0.05) is 41.8 Å². The van der Waals surface area contributed by atoms with Crippen molar-refractivity contribution in [3.63, 3.8) is 0 Å². The third kappa shape index (κ3) is 6.74. The standard InChI is InChI=1S/C30H40FN3O/c1-6-7-8-12-25-28(26(19-35)30(21(4)5)34-29(25)20(2)3)22-13-14-27(31)23(16-22)17-32-18-24-11-9-10-15-33-24/h9-11,13-16,20-21,32,35H,6-8,12,17-19H2,1-5H3. The van der Waals surface area contributed by atoms with E-state index in [0.29, 0.717) is 18.7 Å². The summed E-state index contributed by atoms with van der Waals surface area (Å²) in [5.74, 6) is 0.205. The molecule has 4 nitrogen and oxygen atoms in total. The molecule has 188 valence electrons. The van der Waals surface area contributed by atoms with Crippen LogP contribution in [0, 0.1) is 5.82 Å². The molecule has 0 saturated heterocycles. The van der Waals surface area contributed by atoms with Crippen LogP contribution in [-0.4, -0.2) is 15.1 Å². The Balaban J connectivity index is 2.07. The topological polar surface area (TPSA) is 58.0 Å². The molecule has 2 heterocycles. The van der Waals surface area contributed by atoms with E-state index in [2.05, 4.69) is 44.9 Å². The summed E-state index contributed by atoms with van der Waals surface area (Å²) >= 11 is 0. The largest absolute Gasteiger partial charge is 0.392 e. The van der Waals surface area contributed by atoms with Crippen molar-refractivity contribution in [1.29, 1.82) is 0 Å². The van der Waals surface area contributed by atoms with Crippen molar-refractivity contribution < 1.29 is 9.50 Å². The Morgan fingerprint density at radius 3 is 2.31 bits per heavy atom. The zero-order valence-corrected chi connectivity index (χ0v) is 21.9. The molecular formula is C30H40FN3O. The van der Waals surface area contributed by atoms with Crippen LogP contribution in [0.5, 0.6) is 0 Å². The maximum atomic E-state index is 14.8. The zero-order chi connectivity index (χ0) is 25.4. The van der Waals surface area contributed by atoms with Crippen LogP contribution in [0.15, 0.2) is 42.6 Å². The van der Waals surface area contributed by atoms with E-state index in [4.69, 9.17) is 4.98 Å². The molecule has 2 N–H and O–H groups in total. The second-order valence-electron chi connectivity index (χ2n) is 9.87. The molecule has 0 atom stereocenters. The van der Waals surface area contributed by atoms with Crippen LogP contribution in [-0.2, 0) is 26.1 Å². The molecule has 3 aromatic rings. The van der Waals surface area contributed by atoms with Crippen LogP contribution in [0.4, 0.5) is 4.39 Å². The highest BCUT2D eigenvalue weighted by Gasteiger charge is 2.23. The van der Waals surface area contributed by atoms with E-state index in [1.165, 1.54) is 5.56 Å². The lowest BCUT2D eigenvalue weighted by Crippen LogP contribution is -2.15. The molecule has 35 heavy (non-hydrogen) atoms. The van der Waals surface area contributed by atoms with Gasteiger partial charge in [0.25, 0.3) is 0 Å². The predicted molar refractivity (Wildman–Crippen MR) is 142 cm³/mol. The number of hydrogen-bond acceptors (Lipinski definition) is 4. The SMILES string of the molecule is CCCCCc1c(C(C)C)nc(C(C)C)c(CO)c1-c1ccc(F)c(CNCc2ccccn2)c1. The fourth-order valence-electron chi connectivity index (χ4n) is 4.67. The number of rotatable bonds is 12. The molecule has 0 saturated carbocycles. The van der Waals surface area contributed by atoms with Crippen LogP contribution < -0.4 is 5.32 Å². The van der Waals surface area contributed by atoms with E-state index in [0.717, 1.165) is 59.5 Å². The number of aliphatic hydroxyl groups is 1. The molecule has 0 unspecified atom stereocenters. The van der Waals surface area contributed by atoms with E-state index in [-0.39, 0.29) is 24.3 Å². The maximum Gasteiger partial charge on any atom is 0.127 e. The average molecular weight is 478 g/mol. The van der Waals surface area contributed by atoms with Crippen molar-refractivity contribution in [3.05, 3.63) is 82.2 Å². The number of nitrogens with zero attached hydrogens (tertiary/aromatic N) is 2. The first-order chi connectivity index (χ1) is 16.9. The van der Waals surface area contributed by atoms with Gasteiger partial charge in [-0.05, 0) is 65.6 Å². The Morgan fingerprint density at radius 2 is 1.69 bits per heavy atom. The van der Waals surface area contributed by atoms with E-state index < -0.39 is 0 Å². The highest BCUT2D eigenvalue weighted by molar-refractivity contribution is 5.74. The van der Waals surface area contributed by atoms with Gasteiger partial charge in [0.15, 0.2) is 0 Å². The summed E-state index contributed by atoms with van der Waals surface area (Å²) < 4.78 is 14.8. The summed E-state index contributed by atoms with van der Waals surface area (Å²) in [5.41, 5.74) is 7.61. The lowest BCUT2D eigenvalue weighted by atomic mass is 9.85. The number of nitrogens with one attached hydrogen (secondary N) is 1. The Hall–Kier alpha value is -2.63. The van der Waals surface area contributed by atoms with Crippen LogP contribution in [0.25, 0.3) is 11.1 Å². The van der Waals surface area contributed by atoms with Gasteiger partial charge < -0.3 is 10.4 Å². The minimum Gasteiger partial charge on any atom is -0.392 e. The Kier molecular flexibility index (Phi) is 9.93. The van der Waals surface area contributed by atoms with Gasteiger partial charge in [-0.3, -0.25) is 9.97 Å². The van der Waals surface area contributed by atoms with Crippen molar-refractivity contribution in [2.45, 2.75) is 91.8 Å². The fraction of sp³-hybridized carbons (Fsp3) is 0.467. The number of aromatic nitrogens is 2. The number of aliphatic hydroxyl groups excluding tert-OH is 1. The molecule has 1 aromatic carbocycles. The van der Waals surface area contributed by atoms with Gasteiger partial charge in [-0.2, -0.15) is 0 Å². The minimum absolute atomic E-state index is 0.0837. The molecule has 3 rings (SSSR count). The van der Waals surface area contributed by atoms with Gasteiger partial charge in [0.05, 0.1) is 12.3 Å². The van der Waals surface area contributed by atoms with Gasteiger partial charge in [-0.1, -0.05) is 59.6 Å². The molecule has 0 fully saturated rings. The summed E-state index contributed by atoms with van der Waals surface area (Å²) in [4.78, 5) is 9.41. The van der Waals surface area contributed by atoms with Crippen LogP contribution in [0.1, 0.15) is 99.5 Å². The van der Waals surface area contributed by atoms with Crippen molar-refractivity contribution in [3.8, 4) is 11.1 Å². The number of pyridine rings is 2. The molecule has 0 spiro atoms. The lowest BCUT2D eigenvalue weighted by Gasteiger charge is -2.24. The fourth-order valence-corrected chi connectivity index (χ4v) is 4.67. The van der Waals surface area contributed by atoms with Gasteiger partial charge in [-0.15, -0.1) is 0 Å². The smallest absolute Gasteiger partial charge is 0.127 e. The Bertz CT molecular complexity index is 1100. The van der Waals surface area contributed by atoms with Gasteiger partial charge in [-0.25, -0.2) is 4.39 Å². The summed E-state index contributed by atoms with van der Waals surface area (Å²) in [5, 5.41) is 13.8. The van der Waals surface area contributed by atoms with Gasteiger partial charge in [0.2, 0.25) is 0 Å².